The lowest BCUT2D eigenvalue weighted by atomic mass is 9.97. The number of hydrogen-bond acceptors (Lipinski definition) is 2. The number of alkyl halides is 1. The second kappa shape index (κ2) is 11.4. The van der Waals surface area contributed by atoms with E-state index < -0.39 is 0 Å². The number of methoxy groups -OCH3 is 1. The van der Waals surface area contributed by atoms with Crippen LogP contribution in [0.3, 0.4) is 0 Å². The van der Waals surface area contributed by atoms with Crippen molar-refractivity contribution in [1.29, 1.82) is 0 Å². The molecular weight excluding hydrogens is 404 g/mol. The van der Waals surface area contributed by atoms with Gasteiger partial charge >= 0.3 is 0 Å². The Balaban J connectivity index is 2.11. The van der Waals surface area contributed by atoms with Crippen molar-refractivity contribution in [2.45, 2.75) is 25.4 Å². The Morgan fingerprint density at radius 1 is 0.839 bits per heavy atom. The van der Waals surface area contributed by atoms with Crippen LogP contribution in [0, 0.1) is 0 Å². The summed E-state index contributed by atoms with van der Waals surface area (Å²) >= 11 is 6.12. The van der Waals surface area contributed by atoms with Crippen LogP contribution in [0.1, 0.15) is 29.2 Å². The number of halogens is 1. The van der Waals surface area contributed by atoms with E-state index in [-0.39, 0.29) is 6.10 Å². The van der Waals surface area contributed by atoms with Gasteiger partial charge < -0.3 is 9.47 Å². The fraction of sp³-hybridized carbons (Fsp3) is 0.214. The number of allylic oxidation sites excluding steroid dienone is 2. The van der Waals surface area contributed by atoms with Gasteiger partial charge in [0.2, 0.25) is 0 Å². The van der Waals surface area contributed by atoms with Crippen molar-refractivity contribution < 1.29 is 9.47 Å². The fourth-order valence-electron chi connectivity index (χ4n) is 3.66. The van der Waals surface area contributed by atoms with Gasteiger partial charge in [-0.2, -0.15) is 0 Å². The zero-order chi connectivity index (χ0) is 22.1. The van der Waals surface area contributed by atoms with Gasteiger partial charge in [-0.05, 0) is 53.8 Å². The Morgan fingerprint density at radius 2 is 1.42 bits per heavy atom. The molecule has 3 aromatic carbocycles. The quantitative estimate of drug-likeness (QED) is 0.230. The Bertz CT molecular complexity index is 1010. The number of rotatable bonds is 11. The van der Waals surface area contributed by atoms with E-state index in [0.717, 1.165) is 41.0 Å². The topological polar surface area (TPSA) is 18.5 Å². The Hall–Kier alpha value is -2.97. The molecule has 0 fully saturated rings. The molecule has 0 aromatic heterocycles. The SMILES string of the molecule is C=CCc1ccc(OC)c(-c2cc(CC=C)ccc2OC(CCCl)c2ccccc2)c1. The van der Waals surface area contributed by atoms with E-state index in [1.165, 1.54) is 11.1 Å². The minimum atomic E-state index is -0.134. The van der Waals surface area contributed by atoms with E-state index in [2.05, 4.69) is 49.6 Å². The number of ether oxygens (including phenoxy) is 2. The molecule has 3 heteroatoms. The van der Waals surface area contributed by atoms with Crippen LogP contribution in [-0.4, -0.2) is 13.0 Å². The number of hydrogen-bond donors (Lipinski definition) is 0. The second-order valence-corrected chi connectivity index (χ2v) is 7.72. The van der Waals surface area contributed by atoms with Crippen LogP contribution >= 0.6 is 11.6 Å². The van der Waals surface area contributed by atoms with Gasteiger partial charge in [0.05, 0.1) is 7.11 Å². The summed E-state index contributed by atoms with van der Waals surface area (Å²) in [7, 11) is 1.69. The number of benzene rings is 3. The molecule has 0 radical (unpaired) electrons. The first-order valence-corrected chi connectivity index (χ1v) is 11.0. The fourth-order valence-corrected chi connectivity index (χ4v) is 3.86. The van der Waals surface area contributed by atoms with Crippen molar-refractivity contribution in [1.82, 2.24) is 0 Å². The van der Waals surface area contributed by atoms with Crippen molar-refractivity contribution in [3.63, 3.8) is 0 Å². The lowest BCUT2D eigenvalue weighted by Crippen LogP contribution is -2.09. The average molecular weight is 433 g/mol. The molecule has 0 saturated carbocycles. The zero-order valence-electron chi connectivity index (χ0n) is 18.0. The van der Waals surface area contributed by atoms with E-state index in [0.29, 0.717) is 12.3 Å². The van der Waals surface area contributed by atoms with Gasteiger partial charge in [0.1, 0.15) is 17.6 Å². The monoisotopic (exact) mass is 432 g/mol. The third kappa shape index (κ3) is 5.80. The summed E-state index contributed by atoms with van der Waals surface area (Å²) in [5.41, 5.74) is 5.45. The molecule has 3 aromatic rings. The summed E-state index contributed by atoms with van der Waals surface area (Å²) in [5, 5.41) is 0. The lowest BCUT2D eigenvalue weighted by molar-refractivity contribution is 0.203. The highest BCUT2D eigenvalue weighted by Crippen LogP contribution is 2.40. The maximum absolute atomic E-state index is 6.57. The molecule has 3 rings (SSSR count). The third-order valence-electron chi connectivity index (χ3n) is 5.17. The minimum Gasteiger partial charge on any atom is -0.496 e. The predicted octanol–water partition coefficient (Wildman–Crippen LogP) is 7.57. The summed E-state index contributed by atoms with van der Waals surface area (Å²) < 4.78 is 12.3. The molecule has 31 heavy (non-hydrogen) atoms. The van der Waals surface area contributed by atoms with E-state index in [9.17, 15) is 0 Å². The van der Waals surface area contributed by atoms with Crippen LogP contribution in [0.4, 0.5) is 0 Å². The van der Waals surface area contributed by atoms with Crippen molar-refractivity contribution in [3.8, 4) is 22.6 Å². The van der Waals surface area contributed by atoms with Crippen LogP contribution < -0.4 is 9.47 Å². The van der Waals surface area contributed by atoms with Gasteiger partial charge in [0.25, 0.3) is 0 Å². The smallest absolute Gasteiger partial charge is 0.128 e. The molecule has 0 aliphatic carbocycles. The summed E-state index contributed by atoms with van der Waals surface area (Å²) in [6.07, 6.45) is 5.97. The summed E-state index contributed by atoms with van der Waals surface area (Å²) in [6, 6.07) is 22.7. The normalized spacial score (nSPS) is 11.5. The molecule has 0 aliphatic rings. The maximum Gasteiger partial charge on any atom is 0.128 e. The van der Waals surface area contributed by atoms with Crippen LogP contribution in [0.15, 0.2) is 92.0 Å². The van der Waals surface area contributed by atoms with E-state index >= 15 is 0 Å². The van der Waals surface area contributed by atoms with Crippen LogP contribution in [-0.2, 0) is 12.8 Å². The first-order chi connectivity index (χ1) is 15.2. The molecular formula is C28H29ClO2. The second-order valence-electron chi connectivity index (χ2n) is 7.35. The van der Waals surface area contributed by atoms with Gasteiger partial charge in [-0.15, -0.1) is 24.8 Å². The van der Waals surface area contributed by atoms with E-state index in [1.54, 1.807) is 7.11 Å². The third-order valence-corrected chi connectivity index (χ3v) is 5.39. The van der Waals surface area contributed by atoms with Crippen molar-refractivity contribution in [2.75, 3.05) is 13.0 Å². The summed E-state index contributed by atoms with van der Waals surface area (Å²) in [4.78, 5) is 0. The predicted molar refractivity (Wildman–Crippen MR) is 131 cm³/mol. The molecule has 2 nitrogen and oxygen atoms in total. The molecule has 0 saturated heterocycles. The average Bonchev–Trinajstić information content (AvgIpc) is 2.80. The van der Waals surface area contributed by atoms with Crippen LogP contribution in [0.2, 0.25) is 0 Å². The highest BCUT2D eigenvalue weighted by molar-refractivity contribution is 6.17. The maximum atomic E-state index is 6.57. The zero-order valence-corrected chi connectivity index (χ0v) is 18.8. The van der Waals surface area contributed by atoms with Gasteiger partial charge in [-0.1, -0.05) is 54.6 Å². The minimum absolute atomic E-state index is 0.134. The molecule has 160 valence electrons. The molecule has 0 bridgehead atoms. The van der Waals surface area contributed by atoms with E-state index in [4.69, 9.17) is 21.1 Å². The largest absolute Gasteiger partial charge is 0.496 e. The molecule has 1 unspecified atom stereocenters. The Kier molecular flexibility index (Phi) is 8.37. The van der Waals surface area contributed by atoms with Gasteiger partial charge in [-0.3, -0.25) is 0 Å². The standard InChI is InChI=1S/C28H29ClO2/c1-4-9-21-13-15-27(30-3)24(19-21)25-20-22(10-5-2)14-16-28(25)31-26(17-18-29)23-11-7-6-8-12-23/h4-8,11-16,19-20,26H,1-2,9-10,17-18H2,3H3. The molecule has 0 aliphatic heterocycles. The van der Waals surface area contributed by atoms with E-state index in [1.807, 2.05) is 42.5 Å². The Labute approximate surface area is 190 Å². The highest BCUT2D eigenvalue weighted by atomic mass is 35.5. The summed E-state index contributed by atoms with van der Waals surface area (Å²) in [5.74, 6) is 2.13. The van der Waals surface area contributed by atoms with Crippen LogP contribution in [0.25, 0.3) is 11.1 Å². The molecule has 1 atom stereocenters. The van der Waals surface area contributed by atoms with Crippen molar-refractivity contribution >= 4 is 11.6 Å². The molecule has 0 amide bonds. The molecule has 0 N–H and O–H groups in total. The van der Waals surface area contributed by atoms with Crippen molar-refractivity contribution in [3.05, 3.63) is 109 Å². The van der Waals surface area contributed by atoms with Crippen LogP contribution in [0.5, 0.6) is 11.5 Å². The first kappa shape index (κ1) is 22.7. The van der Waals surface area contributed by atoms with Crippen molar-refractivity contribution in [2.24, 2.45) is 0 Å². The highest BCUT2D eigenvalue weighted by Gasteiger charge is 2.18. The van der Waals surface area contributed by atoms with Gasteiger partial charge in [-0.25, -0.2) is 0 Å². The Morgan fingerprint density at radius 3 is 1.97 bits per heavy atom. The van der Waals surface area contributed by atoms with Gasteiger partial charge in [0, 0.05) is 23.4 Å². The molecule has 0 heterocycles. The lowest BCUT2D eigenvalue weighted by Gasteiger charge is -2.22. The van der Waals surface area contributed by atoms with Gasteiger partial charge in [0.15, 0.2) is 0 Å². The molecule has 0 spiro atoms. The summed E-state index contributed by atoms with van der Waals surface area (Å²) in [6.45, 7) is 7.75. The first-order valence-electron chi connectivity index (χ1n) is 10.5.